The topological polar surface area (TPSA) is 21.3 Å². The van der Waals surface area contributed by atoms with Crippen LogP contribution < -0.4 is 10.1 Å². The molecule has 0 spiro atoms. The molecule has 2 nitrogen and oxygen atoms in total. The van der Waals surface area contributed by atoms with Gasteiger partial charge in [-0.3, -0.25) is 0 Å². The minimum Gasteiger partial charge on any atom is -0.492 e. The Labute approximate surface area is 99.4 Å². The summed E-state index contributed by atoms with van der Waals surface area (Å²) in [7, 11) is 0. The Morgan fingerprint density at radius 1 is 1.25 bits per heavy atom. The fourth-order valence-electron chi connectivity index (χ4n) is 1.71. The highest BCUT2D eigenvalue weighted by Gasteiger charge is 2.14. The van der Waals surface area contributed by atoms with Crippen LogP contribution in [0.15, 0.2) is 18.2 Å². The van der Waals surface area contributed by atoms with Gasteiger partial charge in [0.2, 0.25) is 0 Å². The van der Waals surface area contributed by atoms with E-state index in [9.17, 15) is 8.78 Å². The van der Waals surface area contributed by atoms with Crippen molar-refractivity contribution in [3.8, 4) is 5.75 Å². The Morgan fingerprint density at radius 3 is 2.50 bits per heavy atom. The molecule has 16 heavy (non-hydrogen) atoms. The minimum absolute atomic E-state index is 0. The van der Waals surface area contributed by atoms with Gasteiger partial charge in [0.15, 0.2) is 0 Å². The first-order chi connectivity index (χ1) is 7.24. The zero-order chi connectivity index (χ0) is 10.7. The molecule has 0 radical (unpaired) electrons. The third-order valence-corrected chi connectivity index (χ3v) is 2.45. The number of nitrogens with one attached hydrogen (secondary N) is 1. The molecule has 1 aromatic carbocycles. The minimum atomic E-state index is -0.607. The average Bonchev–Trinajstić information content (AvgIpc) is 2.65. The van der Waals surface area contributed by atoms with Gasteiger partial charge in [0, 0.05) is 24.2 Å². The van der Waals surface area contributed by atoms with Crippen LogP contribution in [0.1, 0.15) is 12.8 Å². The van der Waals surface area contributed by atoms with E-state index in [1.165, 1.54) is 12.1 Å². The van der Waals surface area contributed by atoms with E-state index in [0.717, 1.165) is 25.5 Å². The molecule has 1 aliphatic heterocycles. The first-order valence-electron chi connectivity index (χ1n) is 5.06. The molecule has 0 aromatic heterocycles. The van der Waals surface area contributed by atoms with Gasteiger partial charge in [-0.15, -0.1) is 12.4 Å². The molecule has 2 rings (SSSR count). The molecule has 0 aliphatic carbocycles. The van der Waals surface area contributed by atoms with E-state index >= 15 is 0 Å². The molecule has 5 heteroatoms. The summed E-state index contributed by atoms with van der Waals surface area (Å²) in [6.07, 6.45) is 2.18. The van der Waals surface area contributed by atoms with E-state index in [1.807, 2.05) is 0 Å². The van der Waals surface area contributed by atoms with E-state index < -0.39 is 11.6 Å². The van der Waals surface area contributed by atoms with Gasteiger partial charge in [-0.05, 0) is 19.4 Å². The first kappa shape index (κ1) is 13.2. The van der Waals surface area contributed by atoms with Gasteiger partial charge in [0.1, 0.15) is 24.0 Å². The maximum atomic E-state index is 12.8. The van der Waals surface area contributed by atoms with Gasteiger partial charge in [-0.1, -0.05) is 0 Å². The summed E-state index contributed by atoms with van der Waals surface area (Å²) in [5, 5.41) is 3.24. The lowest BCUT2D eigenvalue weighted by molar-refractivity contribution is 0.274. The fraction of sp³-hybridized carbons (Fsp3) is 0.455. The van der Waals surface area contributed by atoms with Crippen LogP contribution >= 0.6 is 12.4 Å². The van der Waals surface area contributed by atoms with E-state index in [4.69, 9.17) is 4.74 Å². The monoisotopic (exact) mass is 249 g/mol. The van der Waals surface area contributed by atoms with Crippen molar-refractivity contribution < 1.29 is 13.5 Å². The predicted octanol–water partition coefficient (Wildman–Crippen LogP) is 2.52. The molecule has 1 unspecified atom stereocenters. The molecule has 1 atom stereocenters. The van der Waals surface area contributed by atoms with Crippen molar-refractivity contribution in [1.82, 2.24) is 5.32 Å². The third-order valence-electron chi connectivity index (χ3n) is 2.45. The summed E-state index contributed by atoms with van der Waals surface area (Å²) in [5.74, 6) is -0.963. The highest BCUT2D eigenvalue weighted by Crippen LogP contribution is 2.16. The van der Waals surface area contributed by atoms with Crippen molar-refractivity contribution >= 4 is 12.4 Å². The molecule has 0 amide bonds. The number of halogens is 3. The number of ether oxygens (including phenoxy) is 1. The van der Waals surface area contributed by atoms with Crippen molar-refractivity contribution in [3.63, 3.8) is 0 Å². The second-order valence-electron chi connectivity index (χ2n) is 3.71. The quantitative estimate of drug-likeness (QED) is 0.889. The van der Waals surface area contributed by atoms with Gasteiger partial charge in [0.25, 0.3) is 0 Å². The van der Waals surface area contributed by atoms with E-state index in [1.54, 1.807) is 0 Å². The Kier molecular flexibility index (Phi) is 4.96. The third kappa shape index (κ3) is 3.61. The Bertz CT molecular complexity index is 323. The lowest BCUT2D eigenvalue weighted by Gasteiger charge is -2.12. The van der Waals surface area contributed by atoms with Crippen LogP contribution in [-0.2, 0) is 0 Å². The SMILES string of the molecule is Cl.Fc1cc(F)cc(OCC2CCCN2)c1. The lowest BCUT2D eigenvalue weighted by atomic mass is 10.2. The van der Waals surface area contributed by atoms with Crippen molar-refractivity contribution in [3.05, 3.63) is 29.8 Å². The van der Waals surface area contributed by atoms with E-state index in [-0.39, 0.29) is 18.2 Å². The molecular formula is C11H14ClF2NO. The van der Waals surface area contributed by atoms with Crippen molar-refractivity contribution in [2.45, 2.75) is 18.9 Å². The second kappa shape index (κ2) is 6.01. The summed E-state index contributed by atoms with van der Waals surface area (Å²) >= 11 is 0. The zero-order valence-corrected chi connectivity index (χ0v) is 9.53. The van der Waals surface area contributed by atoms with Gasteiger partial charge in [-0.25, -0.2) is 8.78 Å². The van der Waals surface area contributed by atoms with E-state index in [2.05, 4.69) is 5.32 Å². The summed E-state index contributed by atoms with van der Waals surface area (Å²) in [6, 6.07) is 3.52. The molecule has 0 bridgehead atoms. The summed E-state index contributed by atoms with van der Waals surface area (Å²) in [5.41, 5.74) is 0. The predicted molar refractivity (Wildman–Crippen MR) is 60.1 cm³/mol. The maximum Gasteiger partial charge on any atom is 0.129 e. The number of rotatable bonds is 3. The van der Waals surface area contributed by atoms with Crippen LogP contribution in [-0.4, -0.2) is 19.2 Å². The van der Waals surface area contributed by atoms with Gasteiger partial charge >= 0.3 is 0 Å². The Morgan fingerprint density at radius 2 is 1.94 bits per heavy atom. The molecule has 0 saturated carbocycles. The van der Waals surface area contributed by atoms with Crippen molar-refractivity contribution in [2.75, 3.05) is 13.2 Å². The highest BCUT2D eigenvalue weighted by molar-refractivity contribution is 5.85. The van der Waals surface area contributed by atoms with Gasteiger partial charge in [0.05, 0.1) is 0 Å². The van der Waals surface area contributed by atoms with Crippen LogP contribution in [0.25, 0.3) is 0 Å². The maximum absolute atomic E-state index is 12.8. The molecule has 1 fully saturated rings. The van der Waals surface area contributed by atoms with E-state index in [0.29, 0.717) is 12.6 Å². The van der Waals surface area contributed by atoms with Crippen molar-refractivity contribution in [2.24, 2.45) is 0 Å². The zero-order valence-electron chi connectivity index (χ0n) is 8.71. The average molecular weight is 250 g/mol. The standard InChI is InChI=1S/C11H13F2NO.ClH/c12-8-4-9(13)6-11(5-8)15-7-10-2-1-3-14-10;/h4-6,10,14H,1-3,7H2;1H. The van der Waals surface area contributed by atoms with Crippen LogP contribution in [0.2, 0.25) is 0 Å². The summed E-state index contributed by atoms with van der Waals surface area (Å²) in [6.45, 7) is 1.45. The smallest absolute Gasteiger partial charge is 0.129 e. The summed E-state index contributed by atoms with van der Waals surface area (Å²) < 4.78 is 30.9. The molecule has 90 valence electrons. The Hall–Kier alpha value is -0.870. The number of hydrogen-bond acceptors (Lipinski definition) is 2. The molecule has 1 aliphatic rings. The first-order valence-corrected chi connectivity index (χ1v) is 5.06. The van der Waals surface area contributed by atoms with Gasteiger partial charge in [-0.2, -0.15) is 0 Å². The van der Waals surface area contributed by atoms with Crippen LogP contribution in [0.5, 0.6) is 5.75 Å². The summed E-state index contributed by atoms with van der Waals surface area (Å²) in [4.78, 5) is 0. The molecule has 1 heterocycles. The lowest BCUT2D eigenvalue weighted by Crippen LogP contribution is -2.28. The fourth-order valence-corrected chi connectivity index (χ4v) is 1.71. The van der Waals surface area contributed by atoms with Crippen molar-refractivity contribution in [1.29, 1.82) is 0 Å². The molecular weight excluding hydrogens is 236 g/mol. The van der Waals surface area contributed by atoms with Gasteiger partial charge < -0.3 is 10.1 Å². The van der Waals surface area contributed by atoms with Crippen LogP contribution in [0.4, 0.5) is 8.78 Å². The molecule has 1 aromatic rings. The second-order valence-corrected chi connectivity index (χ2v) is 3.71. The highest BCUT2D eigenvalue weighted by atomic mass is 35.5. The molecule has 1 N–H and O–H groups in total. The number of hydrogen-bond donors (Lipinski definition) is 1. The molecule has 1 saturated heterocycles. The van der Waals surface area contributed by atoms with Crippen LogP contribution in [0, 0.1) is 11.6 Å². The normalized spacial score (nSPS) is 19.2. The number of benzene rings is 1. The largest absolute Gasteiger partial charge is 0.492 e. The van der Waals surface area contributed by atoms with Crippen LogP contribution in [0.3, 0.4) is 0 Å². The Balaban J connectivity index is 0.00000128.